The van der Waals surface area contributed by atoms with Crippen molar-refractivity contribution in [1.29, 1.82) is 0 Å². The van der Waals surface area contributed by atoms with Crippen LogP contribution in [-0.4, -0.2) is 32.8 Å². The van der Waals surface area contributed by atoms with Crippen molar-refractivity contribution in [2.24, 2.45) is 0 Å². The van der Waals surface area contributed by atoms with Gasteiger partial charge in [0.05, 0.1) is 11.5 Å². The lowest BCUT2D eigenvalue weighted by molar-refractivity contribution is 0.0832. The van der Waals surface area contributed by atoms with E-state index in [-0.39, 0.29) is 22.1 Å². The average Bonchev–Trinajstić information content (AvgIpc) is 2.42. The van der Waals surface area contributed by atoms with Crippen molar-refractivity contribution in [3.8, 4) is 0 Å². The Morgan fingerprint density at radius 1 is 1.40 bits per heavy atom. The molecule has 5 nitrogen and oxygen atoms in total. The number of hydrogen-bond acceptors (Lipinski definition) is 4. The summed E-state index contributed by atoms with van der Waals surface area (Å²) in [4.78, 5) is -0.0214. The van der Waals surface area contributed by atoms with Gasteiger partial charge in [0.15, 0.2) is 0 Å². The predicted octanol–water partition coefficient (Wildman–Crippen LogP) is 1.08. The smallest absolute Gasteiger partial charge is 0.240 e. The first-order valence-corrected chi connectivity index (χ1v) is 7.92. The largest absolute Gasteiger partial charge is 0.392 e. The van der Waals surface area contributed by atoms with Crippen LogP contribution in [0.15, 0.2) is 17.0 Å². The molecule has 1 fully saturated rings. The SMILES string of the molecule is Cc1cc(S(=O)(=O)NC2CCOCC2)cc(CO)c1F. The van der Waals surface area contributed by atoms with E-state index in [0.29, 0.717) is 26.1 Å². The Morgan fingerprint density at radius 2 is 2.05 bits per heavy atom. The second-order valence-corrected chi connectivity index (χ2v) is 6.59. The Morgan fingerprint density at radius 3 is 2.65 bits per heavy atom. The number of sulfonamides is 1. The summed E-state index contributed by atoms with van der Waals surface area (Å²) in [5.74, 6) is -0.572. The van der Waals surface area contributed by atoms with Crippen LogP contribution < -0.4 is 4.72 Å². The van der Waals surface area contributed by atoms with E-state index in [4.69, 9.17) is 9.84 Å². The summed E-state index contributed by atoms with van der Waals surface area (Å²) in [5.41, 5.74) is 0.182. The maximum atomic E-state index is 13.6. The lowest BCUT2D eigenvalue weighted by Gasteiger charge is -2.23. The highest BCUT2D eigenvalue weighted by molar-refractivity contribution is 7.89. The van der Waals surface area contributed by atoms with Crippen LogP contribution >= 0.6 is 0 Å². The van der Waals surface area contributed by atoms with Gasteiger partial charge < -0.3 is 9.84 Å². The fourth-order valence-corrected chi connectivity index (χ4v) is 3.62. The van der Waals surface area contributed by atoms with E-state index in [1.54, 1.807) is 0 Å². The Balaban J connectivity index is 2.26. The van der Waals surface area contributed by atoms with Gasteiger partial charge in [0.25, 0.3) is 0 Å². The number of nitrogens with one attached hydrogen (secondary N) is 1. The molecule has 0 unspecified atom stereocenters. The van der Waals surface area contributed by atoms with E-state index in [9.17, 15) is 12.8 Å². The normalized spacial score (nSPS) is 17.4. The van der Waals surface area contributed by atoms with Crippen LogP contribution in [0.2, 0.25) is 0 Å². The molecule has 7 heteroatoms. The lowest BCUT2D eigenvalue weighted by atomic mass is 10.1. The van der Waals surface area contributed by atoms with E-state index in [1.807, 2.05) is 0 Å². The molecular formula is C13H18FNO4S. The molecule has 1 aromatic rings. The Labute approximate surface area is 117 Å². The lowest BCUT2D eigenvalue weighted by Crippen LogP contribution is -2.38. The summed E-state index contributed by atoms with van der Waals surface area (Å²) in [6, 6.07) is 2.27. The van der Waals surface area contributed by atoms with Gasteiger partial charge in [0, 0.05) is 24.8 Å². The van der Waals surface area contributed by atoms with E-state index in [1.165, 1.54) is 19.1 Å². The molecule has 2 N–H and O–H groups in total. The second kappa shape index (κ2) is 6.17. The molecule has 1 heterocycles. The summed E-state index contributed by atoms with van der Waals surface area (Å²) in [6.07, 6.45) is 1.23. The van der Waals surface area contributed by atoms with Gasteiger partial charge in [-0.25, -0.2) is 17.5 Å². The van der Waals surface area contributed by atoms with Gasteiger partial charge in [-0.1, -0.05) is 0 Å². The quantitative estimate of drug-likeness (QED) is 0.873. The molecule has 0 spiro atoms. The molecule has 0 radical (unpaired) electrons. The van der Waals surface area contributed by atoms with Crippen molar-refractivity contribution in [2.75, 3.05) is 13.2 Å². The first-order valence-electron chi connectivity index (χ1n) is 6.44. The van der Waals surface area contributed by atoms with Crippen molar-refractivity contribution in [2.45, 2.75) is 37.3 Å². The fraction of sp³-hybridized carbons (Fsp3) is 0.538. The molecule has 2 rings (SSSR count). The van der Waals surface area contributed by atoms with Crippen LogP contribution in [0.1, 0.15) is 24.0 Å². The number of halogens is 1. The third kappa shape index (κ3) is 3.35. The van der Waals surface area contributed by atoms with Crippen LogP contribution in [0.25, 0.3) is 0 Å². The Hall–Kier alpha value is -1.02. The molecule has 0 amide bonds. The van der Waals surface area contributed by atoms with E-state index >= 15 is 0 Å². The number of rotatable bonds is 4. The molecule has 0 bridgehead atoms. The maximum Gasteiger partial charge on any atom is 0.240 e. The summed E-state index contributed by atoms with van der Waals surface area (Å²) in [6.45, 7) is 1.99. The zero-order chi connectivity index (χ0) is 14.8. The molecule has 0 aromatic heterocycles. The summed E-state index contributed by atoms with van der Waals surface area (Å²) in [7, 11) is -3.72. The average molecular weight is 303 g/mol. The van der Waals surface area contributed by atoms with Gasteiger partial charge in [-0.3, -0.25) is 0 Å². The zero-order valence-corrected chi connectivity index (χ0v) is 12.0. The van der Waals surface area contributed by atoms with Gasteiger partial charge in [-0.2, -0.15) is 0 Å². The highest BCUT2D eigenvalue weighted by Gasteiger charge is 2.23. The topological polar surface area (TPSA) is 75.6 Å². The molecule has 112 valence electrons. The van der Waals surface area contributed by atoms with Crippen molar-refractivity contribution in [1.82, 2.24) is 4.72 Å². The third-order valence-corrected chi connectivity index (χ3v) is 4.83. The standard InChI is InChI=1S/C13H18FNO4S/c1-9-6-12(7-10(8-16)13(9)14)20(17,18)15-11-2-4-19-5-3-11/h6-7,11,15-16H,2-5,8H2,1H3. The molecular weight excluding hydrogens is 285 g/mol. The summed E-state index contributed by atoms with van der Waals surface area (Å²) in [5, 5.41) is 9.08. The number of hydrogen-bond donors (Lipinski definition) is 2. The fourth-order valence-electron chi connectivity index (χ4n) is 2.18. The first kappa shape index (κ1) is 15.4. The molecule has 1 aliphatic rings. The minimum Gasteiger partial charge on any atom is -0.392 e. The van der Waals surface area contributed by atoms with Crippen molar-refractivity contribution < 1.29 is 22.7 Å². The molecule has 0 aliphatic carbocycles. The van der Waals surface area contributed by atoms with Crippen LogP contribution in [-0.2, 0) is 21.4 Å². The molecule has 1 aromatic carbocycles. The van der Waals surface area contributed by atoms with Crippen molar-refractivity contribution in [3.05, 3.63) is 29.1 Å². The number of aryl methyl sites for hydroxylation is 1. The maximum absolute atomic E-state index is 13.6. The van der Waals surface area contributed by atoms with Crippen molar-refractivity contribution in [3.63, 3.8) is 0 Å². The minimum atomic E-state index is -3.72. The van der Waals surface area contributed by atoms with E-state index in [0.717, 1.165) is 0 Å². The van der Waals surface area contributed by atoms with Crippen LogP contribution in [0, 0.1) is 12.7 Å². The number of aliphatic hydroxyl groups is 1. The van der Waals surface area contributed by atoms with Gasteiger partial charge in [0.2, 0.25) is 10.0 Å². The van der Waals surface area contributed by atoms with Gasteiger partial charge in [-0.05, 0) is 37.5 Å². The highest BCUT2D eigenvalue weighted by Crippen LogP contribution is 2.20. The Kier molecular flexibility index (Phi) is 4.74. The highest BCUT2D eigenvalue weighted by atomic mass is 32.2. The van der Waals surface area contributed by atoms with E-state index < -0.39 is 22.4 Å². The van der Waals surface area contributed by atoms with Gasteiger partial charge in [0.1, 0.15) is 5.82 Å². The second-order valence-electron chi connectivity index (χ2n) is 4.88. The zero-order valence-electron chi connectivity index (χ0n) is 11.2. The molecule has 20 heavy (non-hydrogen) atoms. The van der Waals surface area contributed by atoms with Crippen molar-refractivity contribution >= 4 is 10.0 Å². The third-order valence-electron chi connectivity index (χ3n) is 3.33. The predicted molar refractivity (Wildman–Crippen MR) is 71.2 cm³/mol. The summed E-state index contributed by atoms with van der Waals surface area (Å²) >= 11 is 0. The molecule has 1 saturated heterocycles. The van der Waals surface area contributed by atoms with Gasteiger partial charge in [-0.15, -0.1) is 0 Å². The number of ether oxygens (including phenoxy) is 1. The summed E-state index contributed by atoms with van der Waals surface area (Å²) < 4.78 is 46.0. The molecule has 0 atom stereocenters. The first-order chi connectivity index (χ1) is 9.44. The minimum absolute atomic E-state index is 0.0163. The molecule has 1 aliphatic heterocycles. The number of benzene rings is 1. The Bertz CT molecular complexity index is 582. The number of aliphatic hydroxyl groups excluding tert-OH is 1. The van der Waals surface area contributed by atoms with E-state index in [2.05, 4.69) is 4.72 Å². The van der Waals surface area contributed by atoms with Crippen LogP contribution in [0.4, 0.5) is 4.39 Å². The van der Waals surface area contributed by atoms with Crippen LogP contribution in [0.5, 0.6) is 0 Å². The van der Waals surface area contributed by atoms with Gasteiger partial charge >= 0.3 is 0 Å². The molecule has 0 saturated carbocycles. The van der Waals surface area contributed by atoms with Crippen LogP contribution in [0.3, 0.4) is 0 Å². The monoisotopic (exact) mass is 303 g/mol.